The maximum atomic E-state index is 12.9. The van der Waals surface area contributed by atoms with Gasteiger partial charge in [-0.05, 0) is 37.3 Å². The van der Waals surface area contributed by atoms with Crippen molar-refractivity contribution in [1.29, 1.82) is 0 Å². The molecule has 0 radical (unpaired) electrons. The number of nitrogens with one attached hydrogen (secondary N) is 2. The standard InChI is InChI=1S/C25H22N4O4S/c1-17(30)18-10-12-19(13-11-18)23-15-25(27-16-26-23)28-20-6-5-7-21(14-20)34(31,32)29-22-8-3-4-9-24(22)33-2/h3-16,29H,1-2H3,(H,26,27,28). The second-order valence-corrected chi connectivity index (χ2v) is 9.06. The quantitative estimate of drug-likeness (QED) is 0.350. The molecule has 2 N–H and O–H groups in total. The van der Waals surface area contributed by atoms with E-state index < -0.39 is 10.0 Å². The third-order valence-corrected chi connectivity index (χ3v) is 6.39. The summed E-state index contributed by atoms with van der Waals surface area (Å²) >= 11 is 0. The molecule has 0 bridgehead atoms. The van der Waals surface area contributed by atoms with E-state index in [0.717, 1.165) is 5.56 Å². The number of benzene rings is 3. The molecule has 3 aromatic carbocycles. The number of aromatic nitrogens is 2. The minimum absolute atomic E-state index is 0.00775. The van der Waals surface area contributed by atoms with E-state index in [1.165, 1.54) is 32.5 Å². The molecule has 0 aliphatic heterocycles. The number of methoxy groups -OCH3 is 1. The Labute approximate surface area is 197 Å². The zero-order chi connectivity index (χ0) is 24.1. The van der Waals surface area contributed by atoms with Crippen molar-refractivity contribution < 1.29 is 17.9 Å². The summed E-state index contributed by atoms with van der Waals surface area (Å²) in [7, 11) is -2.38. The van der Waals surface area contributed by atoms with Crippen LogP contribution >= 0.6 is 0 Å². The lowest BCUT2D eigenvalue weighted by atomic mass is 10.1. The van der Waals surface area contributed by atoms with Crippen molar-refractivity contribution in [3.8, 4) is 17.0 Å². The molecule has 1 aromatic heterocycles. The van der Waals surface area contributed by atoms with E-state index in [-0.39, 0.29) is 10.7 Å². The number of hydrogen-bond donors (Lipinski definition) is 2. The van der Waals surface area contributed by atoms with Gasteiger partial charge >= 0.3 is 0 Å². The Balaban J connectivity index is 1.56. The summed E-state index contributed by atoms with van der Waals surface area (Å²) in [6, 6.07) is 22.1. The van der Waals surface area contributed by atoms with E-state index in [2.05, 4.69) is 20.0 Å². The van der Waals surface area contributed by atoms with Crippen LogP contribution in [-0.4, -0.2) is 31.3 Å². The highest BCUT2D eigenvalue weighted by molar-refractivity contribution is 7.92. The molecule has 1 heterocycles. The van der Waals surface area contributed by atoms with Gasteiger partial charge in [-0.1, -0.05) is 42.5 Å². The van der Waals surface area contributed by atoms with Gasteiger partial charge in [-0.2, -0.15) is 0 Å². The van der Waals surface area contributed by atoms with Gasteiger partial charge in [-0.25, -0.2) is 18.4 Å². The fourth-order valence-corrected chi connectivity index (χ4v) is 4.40. The van der Waals surface area contributed by atoms with Gasteiger partial charge < -0.3 is 10.1 Å². The van der Waals surface area contributed by atoms with Crippen molar-refractivity contribution in [3.63, 3.8) is 0 Å². The van der Waals surface area contributed by atoms with Crippen LogP contribution in [0.2, 0.25) is 0 Å². The molecular weight excluding hydrogens is 452 g/mol. The molecule has 4 aromatic rings. The first-order chi connectivity index (χ1) is 16.4. The van der Waals surface area contributed by atoms with E-state index in [1.807, 2.05) is 12.1 Å². The van der Waals surface area contributed by atoms with Gasteiger partial charge in [-0.15, -0.1) is 0 Å². The highest BCUT2D eigenvalue weighted by atomic mass is 32.2. The van der Waals surface area contributed by atoms with Crippen LogP contribution in [0.15, 0.2) is 90.1 Å². The van der Waals surface area contributed by atoms with Gasteiger partial charge in [0, 0.05) is 22.9 Å². The maximum Gasteiger partial charge on any atom is 0.262 e. The number of anilines is 3. The molecule has 0 saturated carbocycles. The van der Waals surface area contributed by atoms with Gasteiger partial charge in [-0.3, -0.25) is 9.52 Å². The normalized spacial score (nSPS) is 11.0. The van der Waals surface area contributed by atoms with Crippen molar-refractivity contribution in [2.75, 3.05) is 17.1 Å². The number of sulfonamides is 1. The van der Waals surface area contributed by atoms with E-state index in [0.29, 0.717) is 34.2 Å². The number of carbonyl (C=O) groups excluding carboxylic acids is 1. The van der Waals surface area contributed by atoms with Gasteiger partial charge in [0.25, 0.3) is 10.0 Å². The van der Waals surface area contributed by atoms with E-state index in [4.69, 9.17) is 4.74 Å². The first-order valence-electron chi connectivity index (χ1n) is 10.3. The number of ketones is 1. The summed E-state index contributed by atoms with van der Waals surface area (Å²) in [5.41, 5.74) is 3.00. The Kier molecular flexibility index (Phi) is 6.55. The zero-order valence-electron chi connectivity index (χ0n) is 18.5. The summed E-state index contributed by atoms with van der Waals surface area (Å²) < 4.78 is 33.7. The summed E-state index contributed by atoms with van der Waals surface area (Å²) in [6.45, 7) is 1.52. The van der Waals surface area contributed by atoms with Gasteiger partial charge in [0.1, 0.15) is 17.9 Å². The van der Waals surface area contributed by atoms with Crippen LogP contribution in [0.5, 0.6) is 5.75 Å². The summed E-state index contributed by atoms with van der Waals surface area (Å²) in [5.74, 6) is 0.907. The molecular formula is C25H22N4O4S. The molecule has 0 aliphatic rings. The fraction of sp³-hybridized carbons (Fsp3) is 0.0800. The minimum Gasteiger partial charge on any atom is -0.495 e. The number of rotatable bonds is 8. The summed E-state index contributed by atoms with van der Waals surface area (Å²) in [6.07, 6.45) is 1.42. The lowest BCUT2D eigenvalue weighted by molar-refractivity contribution is 0.101. The molecule has 8 nitrogen and oxygen atoms in total. The third-order valence-electron chi connectivity index (χ3n) is 5.02. The predicted molar refractivity (Wildman–Crippen MR) is 131 cm³/mol. The van der Waals surface area contributed by atoms with Crippen LogP contribution in [0.25, 0.3) is 11.3 Å². The summed E-state index contributed by atoms with van der Waals surface area (Å²) in [4.78, 5) is 20.1. The molecule has 0 saturated heterocycles. The largest absolute Gasteiger partial charge is 0.495 e. The van der Waals surface area contributed by atoms with Gasteiger partial charge in [0.15, 0.2) is 5.78 Å². The Morgan fingerprint density at radius 2 is 1.68 bits per heavy atom. The van der Waals surface area contributed by atoms with Crippen LogP contribution in [0.1, 0.15) is 17.3 Å². The van der Waals surface area contributed by atoms with Crippen molar-refractivity contribution >= 4 is 33.0 Å². The summed E-state index contributed by atoms with van der Waals surface area (Å²) in [5, 5.41) is 3.12. The number of nitrogens with zero attached hydrogens (tertiary/aromatic N) is 2. The van der Waals surface area contributed by atoms with E-state index in [1.54, 1.807) is 54.6 Å². The monoisotopic (exact) mass is 474 g/mol. The topological polar surface area (TPSA) is 110 Å². The number of para-hydroxylation sites is 2. The molecule has 0 spiro atoms. The molecule has 0 atom stereocenters. The second kappa shape index (κ2) is 9.72. The van der Waals surface area contributed by atoms with Crippen LogP contribution in [0.4, 0.5) is 17.2 Å². The van der Waals surface area contributed by atoms with Crippen molar-refractivity contribution in [2.24, 2.45) is 0 Å². The van der Waals surface area contributed by atoms with Gasteiger partial charge in [0.05, 0.1) is 23.4 Å². The predicted octanol–water partition coefficient (Wildman–Crippen LogP) is 4.90. The number of ether oxygens (including phenoxy) is 1. The average molecular weight is 475 g/mol. The number of hydrogen-bond acceptors (Lipinski definition) is 7. The van der Waals surface area contributed by atoms with Crippen molar-refractivity contribution in [1.82, 2.24) is 9.97 Å². The van der Waals surface area contributed by atoms with Crippen molar-refractivity contribution in [3.05, 3.63) is 90.8 Å². The first-order valence-corrected chi connectivity index (χ1v) is 11.8. The zero-order valence-corrected chi connectivity index (χ0v) is 19.3. The van der Waals surface area contributed by atoms with E-state index in [9.17, 15) is 13.2 Å². The lowest BCUT2D eigenvalue weighted by Crippen LogP contribution is -2.13. The number of Topliss-reactive ketones (excluding diaryl/α,β-unsaturated/α-hetero) is 1. The molecule has 4 rings (SSSR count). The Morgan fingerprint density at radius 1 is 0.912 bits per heavy atom. The molecule has 34 heavy (non-hydrogen) atoms. The van der Waals surface area contributed by atoms with Crippen LogP contribution in [0.3, 0.4) is 0 Å². The van der Waals surface area contributed by atoms with Crippen molar-refractivity contribution in [2.45, 2.75) is 11.8 Å². The Bertz CT molecular complexity index is 1440. The fourth-order valence-electron chi connectivity index (χ4n) is 3.28. The Morgan fingerprint density at radius 3 is 2.41 bits per heavy atom. The SMILES string of the molecule is COc1ccccc1NS(=O)(=O)c1cccc(Nc2cc(-c3ccc(C(C)=O)cc3)ncn2)c1. The maximum absolute atomic E-state index is 12.9. The molecule has 0 amide bonds. The molecule has 0 aliphatic carbocycles. The average Bonchev–Trinajstić information content (AvgIpc) is 2.84. The molecule has 0 fully saturated rings. The Hall–Kier alpha value is -4.24. The minimum atomic E-state index is -3.85. The van der Waals surface area contributed by atoms with Crippen LogP contribution in [-0.2, 0) is 10.0 Å². The van der Waals surface area contributed by atoms with Gasteiger partial charge in [0.2, 0.25) is 0 Å². The second-order valence-electron chi connectivity index (χ2n) is 7.38. The molecule has 0 unspecified atom stereocenters. The third kappa shape index (κ3) is 5.21. The number of carbonyl (C=O) groups is 1. The lowest BCUT2D eigenvalue weighted by Gasteiger charge is -2.13. The molecule has 9 heteroatoms. The highest BCUT2D eigenvalue weighted by Gasteiger charge is 2.17. The molecule has 172 valence electrons. The van der Waals surface area contributed by atoms with Crippen LogP contribution < -0.4 is 14.8 Å². The first kappa shape index (κ1) is 22.9. The van der Waals surface area contributed by atoms with E-state index >= 15 is 0 Å². The van der Waals surface area contributed by atoms with Crippen LogP contribution in [0, 0.1) is 0 Å². The highest BCUT2D eigenvalue weighted by Crippen LogP contribution is 2.28. The smallest absolute Gasteiger partial charge is 0.262 e.